The normalized spacial score (nSPS) is 10.4. The number of aryl methyl sites for hydroxylation is 2. The molecule has 0 heterocycles. The van der Waals surface area contributed by atoms with Crippen molar-refractivity contribution in [1.29, 1.82) is 0 Å². The highest BCUT2D eigenvalue weighted by Gasteiger charge is 2.09. The standard InChI is InChI=1S/C17H17BrFNO2/c1-11-9-13(18)10-12(2)17(11)20-16(21)7-8-22-15-5-3-14(19)4-6-15/h3-6,9-10H,7-8H2,1-2H3,(H,20,21). The smallest absolute Gasteiger partial charge is 0.227 e. The molecule has 5 heteroatoms. The highest BCUT2D eigenvalue weighted by Crippen LogP contribution is 2.25. The Morgan fingerprint density at radius 3 is 2.36 bits per heavy atom. The van der Waals surface area contributed by atoms with Gasteiger partial charge in [0.05, 0.1) is 13.0 Å². The van der Waals surface area contributed by atoms with E-state index in [9.17, 15) is 9.18 Å². The van der Waals surface area contributed by atoms with Crippen LogP contribution in [0.3, 0.4) is 0 Å². The molecule has 0 aliphatic heterocycles. The van der Waals surface area contributed by atoms with Gasteiger partial charge in [0.25, 0.3) is 0 Å². The second-order valence-corrected chi connectivity index (χ2v) is 5.93. The van der Waals surface area contributed by atoms with Crippen LogP contribution in [0.1, 0.15) is 17.5 Å². The molecule has 0 bridgehead atoms. The van der Waals surface area contributed by atoms with Gasteiger partial charge in [0.1, 0.15) is 11.6 Å². The molecule has 0 aromatic heterocycles. The van der Waals surface area contributed by atoms with Crippen LogP contribution < -0.4 is 10.1 Å². The molecule has 0 fully saturated rings. The Morgan fingerprint density at radius 1 is 1.18 bits per heavy atom. The maximum atomic E-state index is 12.8. The van der Waals surface area contributed by atoms with E-state index in [-0.39, 0.29) is 24.8 Å². The third-order valence-electron chi connectivity index (χ3n) is 3.17. The monoisotopic (exact) mass is 365 g/mol. The number of benzene rings is 2. The lowest BCUT2D eigenvalue weighted by atomic mass is 10.1. The number of carbonyl (C=O) groups is 1. The number of amides is 1. The zero-order valence-corrected chi connectivity index (χ0v) is 14.0. The van der Waals surface area contributed by atoms with Gasteiger partial charge in [-0.3, -0.25) is 4.79 Å². The molecule has 1 N–H and O–H groups in total. The van der Waals surface area contributed by atoms with E-state index in [1.165, 1.54) is 24.3 Å². The van der Waals surface area contributed by atoms with Gasteiger partial charge in [-0.25, -0.2) is 4.39 Å². The van der Waals surface area contributed by atoms with Crippen molar-refractivity contribution in [3.63, 3.8) is 0 Å². The molecular formula is C17H17BrFNO2. The van der Waals surface area contributed by atoms with Crippen molar-refractivity contribution in [1.82, 2.24) is 0 Å². The molecule has 0 unspecified atom stereocenters. The van der Waals surface area contributed by atoms with Gasteiger partial charge in [-0.05, 0) is 61.4 Å². The average molecular weight is 366 g/mol. The van der Waals surface area contributed by atoms with E-state index < -0.39 is 0 Å². The molecule has 0 aliphatic rings. The number of carbonyl (C=O) groups excluding carboxylic acids is 1. The van der Waals surface area contributed by atoms with Crippen molar-refractivity contribution in [2.75, 3.05) is 11.9 Å². The Hall–Kier alpha value is -1.88. The molecule has 0 saturated carbocycles. The van der Waals surface area contributed by atoms with Gasteiger partial charge in [0, 0.05) is 10.2 Å². The van der Waals surface area contributed by atoms with Crippen molar-refractivity contribution >= 4 is 27.5 Å². The van der Waals surface area contributed by atoms with Crippen molar-refractivity contribution in [2.45, 2.75) is 20.3 Å². The minimum atomic E-state index is -0.314. The lowest BCUT2D eigenvalue weighted by Crippen LogP contribution is -2.16. The molecule has 1 amide bonds. The first-order valence-corrected chi connectivity index (χ1v) is 7.70. The molecule has 0 saturated heterocycles. The van der Waals surface area contributed by atoms with E-state index in [0.29, 0.717) is 5.75 Å². The summed E-state index contributed by atoms with van der Waals surface area (Å²) in [6.07, 6.45) is 0.228. The van der Waals surface area contributed by atoms with Crippen molar-refractivity contribution in [2.24, 2.45) is 0 Å². The highest BCUT2D eigenvalue weighted by atomic mass is 79.9. The van der Waals surface area contributed by atoms with E-state index in [1.54, 1.807) is 0 Å². The fraction of sp³-hybridized carbons (Fsp3) is 0.235. The van der Waals surface area contributed by atoms with Gasteiger partial charge in [0.2, 0.25) is 5.91 Å². The lowest BCUT2D eigenvalue weighted by Gasteiger charge is -2.12. The predicted octanol–water partition coefficient (Wildman–Crippen LogP) is 4.61. The molecule has 116 valence electrons. The fourth-order valence-corrected chi connectivity index (χ4v) is 2.79. The van der Waals surface area contributed by atoms with Crippen LogP contribution in [0, 0.1) is 19.7 Å². The van der Waals surface area contributed by atoms with Crippen LogP contribution in [0.2, 0.25) is 0 Å². The quantitative estimate of drug-likeness (QED) is 0.839. The first-order valence-electron chi connectivity index (χ1n) is 6.90. The van der Waals surface area contributed by atoms with Crippen LogP contribution in [0.25, 0.3) is 0 Å². The molecule has 22 heavy (non-hydrogen) atoms. The summed E-state index contributed by atoms with van der Waals surface area (Å²) in [4.78, 5) is 12.0. The summed E-state index contributed by atoms with van der Waals surface area (Å²) in [5.41, 5.74) is 2.83. The highest BCUT2D eigenvalue weighted by molar-refractivity contribution is 9.10. The molecule has 2 rings (SSSR count). The Kier molecular flexibility index (Phi) is 5.55. The van der Waals surface area contributed by atoms with E-state index in [1.807, 2.05) is 26.0 Å². The molecule has 2 aromatic carbocycles. The predicted molar refractivity (Wildman–Crippen MR) is 88.8 cm³/mol. The first-order chi connectivity index (χ1) is 10.5. The van der Waals surface area contributed by atoms with E-state index in [0.717, 1.165) is 21.3 Å². The van der Waals surface area contributed by atoms with Crippen molar-refractivity contribution < 1.29 is 13.9 Å². The fourth-order valence-electron chi connectivity index (χ4n) is 2.10. The van der Waals surface area contributed by atoms with E-state index in [4.69, 9.17) is 4.74 Å². The van der Waals surface area contributed by atoms with Crippen LogP contribution in [0.4, 0.5) is 10.1 Å². The maximum Gasteiger partial charge on any atom is 0.227 e. The lowest BCUT2D eigenvalue weighted by molar-refractivity contribution is -0.116. The van der Waals surface area contributed by atoms with Gasteiger partial charge >= 0.3 is 0 Å². The second-order valence-electron chi connectivity index (χ2n) is 5.02. The van der Waals surface area contributed by atoms with Crippen LogP contribution >= 0.6 is 15.9 Å². The summed E-state index contributed by atoms with van der Waals surface area (Å²) < 4.78 is 19.2. The van der Waals surface area contributed by atoms with Gasteiger partial charge in [-0.15, -0.1) is 0 Å². The molecule has 2 aromatic rings. The number of nitrogens with one attached hydrogen (secondary N) is 1. The molecule has 0 spiro atoms. The van der Waals surface area contributed by atoms with E-state index in [2.05, 4.69) is 21.2 Å². The summed E-state index contributed by atoms with van der Waals surface area (Å²) >= 11 is 3.43. The number of rotatable bonds is 5. The Balaban J connectivity index is 1.87. The average Bonchev–Trinajstić information content (AvgIpc) is 2.45. The molecule has 3 nitrogen and oxygen atoms in total. The second kappa shape index (κ2) is 7.40. The van der Waals surface area contributed by atoms with Crippen molar-refractivity contribution in [3.05, 3.63) is 57.8 Å². The summed E-state index contributed by atoms with van der Waals surface area (Å²) in [5.74, 6) is 0.118. The number of hydrogen-bond donors (Lipinski definition) is 1. The van der Waals surface area contributed by atoms with Crippen LogP contribution in [-0.4, -0.2) is 12.5 Å². The van der Waals surface area contributed by atoms with Crippen LogP contribution in [0.15, 0.2) is 40.9 Å². The van der Waals surface area contributed by atoms with Gasteiger partial charge in [-0.2, -0.15) is 0 Å². The molecule has 0 aliphatic carbocycles. The van der Waals surface area contributed by atoms with Gasteiger partial charge in [0.15, 0.2) is 0 Å². The number of anilines is 1. The SMILES string of the molecule is Cc1cc(Br)cc(C)c1NC(=O)CCOc1ccc(F)cc1. The third-order valence-corrected chi connectivity index (χ3v) is 3.63. The van der Waals surface area contributed by atoms with Gasteiger partial charge in [-0.1, -0.05) is 15.9 Å². The summed E-state index contributed by atoms with van der Waals surface area (Å²) in [6.45, 7) is 4.14. The Bertz CT molecular complexity index is 648. The Labute approximate surface area is 137 Å². The number of ether oxygens (including phenoxy) is 1. The molecule has 0 radical (unpaired) electrons. The number of halogens is 2. The Morgan fingerprint density at radius 2 is 1.77 bits per heavy atom. The van der Waals surface area contributed by atoms with E-state index >= 15 is 0 Å². The minimum absolute atomic E-state index is 0.115. The minimum Gasteiger partial charge on any atom is -0.493 e. The number of hydrogen-bond acceptors (Lipinski definition) is 2. The maximum absolute atomic E-state index is 12.8. The summed E-state index contributed by atoms with van der Waals surface area (Å²) in [7, 11) is 0. The third kappa shape index (κ3) is 4.56. The van der Waals surface area contributed by atoms with Gasteiger partial charge < -0.3 is 10.1 Å². The molecular weight excluding hydrogens is 349 g/mol. The summed E-state index contributed by atoms with van der Waals surface area (Å²) in [6, 6.07) is 9.63. The van der Waals surface area contributed by atoms with Crippen molar-refractivity contribution in [3.8, 4) is 5.75 Å². The van der Waals surface area contributed by atoms with Crippen LogP contribution in [-0.2, 0) is 4.79 Å². The van der Waals surface area contributed by atoms with Crippen LogP contribution in [0.5, 0.6) is 5.75 Å². The zero-order valence-electron chi connectivity index (χ0n) is 12.5. The zero-order chi connectivity index (χ0) is 16.1. The first kappa shape index (κ1) is 16.5. The topological polar surface area (TPSA) is 38.3 Å². The summed E-state index contributed by atoms with van der Waals surface area (Å²) in [5, 5.41) is 2.90. The largest absolute Gasteiger partial charge is 0.493 e. The molecule has 0 atom stereocenters.